The number of halogens is 1. The number of carbonyl (C=O) groups excluding carboxylic acids is 2. The van der Waals surface area contributed by atoms with Crippen LogP contribution in [0.1, 0.15) is 44.2 Å². The number of thioether (sulfide) groups is 1. The lowest BCUT2D eigenvalue weighted by atomic mass is 9.80. The number of nitrogens with one attached hydrogen (secondary N) is 1. The molecule has 0 aliphatic carbocycles. The summed E-state index contributed by atoms with van der Waals surface area (Å²) in [7, 11) is 0. The first kappa shape index (κ1) is 16.3. The van der Waals surface area contributed by atoms with Gasteiger partial charge in [0.05, 0.1) is 16.2 Å². The van der Waals surface area contributed by atoms with Crippen molar-refractivity contribution in [2.45, 2.75) is 38.6 Å². The highest BCUT2D eigenvalue weighted by molar-refractivity contribution is 9.10. The molecule has 1 aromatic rings. The lowest BCUT2D eigenvalue weighted by Gasteiger charge is -2.43. The van der Waals surface area contributed by atoms with Crippen LogP contribution in [0.3, 0.4) is 0 Å². The molecule has 4 nitrogen and oxygen atoms in total. The SMILES string of the molecule is CC1CC(C)(C)N2C(=O)C(=C3SC(=S)NC3=O)c3cc(Br)cc1c32. The van der Waals surface area contributed by atoms with Crippen molar-refractivity contribution in [2.75, 3.05) is 4.90 Å². The highest BCUT2D eigenvalue weighted by atomic mass is 79.9. The molecule has 3 aliphatic rings. The molecule has 0 radical (unpaired) electrons. The van der Waals surface area contributed by atoms with Gasteiger partial charge in [-0.3, -0.25) is 9.59 Å². The van der Waals surface area contributed by atoms with Gasteiger partial charge in [-0.15, -0.1) is 0 Å². The molecule has 1 atom stereocenters. The van der Waals surface area contributed by atoms with Gasteiger partial charge in [-0.25, -0.2) is 0 Å². The van der Waals surface area contributed by atoms with Crippen LogP contribution in [0.5, 0.6) is 0 Å². The fourth-order valence-corrected chi connectivity index (χ4v) is 5.58. The molecule has 1 fully saturated rings. The normalized spacial score (nSPS) is 27.6. The summed E-state index contributed by atoms with van der Waals surface area (Å²) in [6.45, 7) is 6.34. The van der Waals surface area contributed by atoms with E-state index in [0.717, 1.165) is 27.7 Å². The lowest BCUT2D eigenvalue weighted by Crippen LogP contribution is -2.49. The Morgan fingerprint density at radius 1 is 1.38 bits per heavy atom. The van der Waals surface area contributed by atoms with E-state index in [2.05, 4.69) is 48.1 Å². The third-order valence-electron chi connectivity index (χ3n) is 4.80. The first-order valence-corrected chi connectivity index (χ1v) is 9.68. The van der Waals surface area contributed by atoms with Gasteiger partial charge < -0.3 is 10.2 Å². The number of carbonyl (C=O) groups is 2. The van der Waals surface area contributed by atoms with E-state index >= 15 is 0 Å². The molecule has 1 N–H and O–H groups in total. The molecule has 124 valence electrons. The van der Waals surface area contributed by atoms with Crippen molar-refractivity contribution in [1.29, 1.82) is 0 Å². The first-order chi connectivity index (χ1) is 11.2. The number of thiocarbonyl (C=S) groups is 1. The fraction of sp³-hybridized carbons (Fsp3) is 0.353. The van der Waals surface area contributed by atoms with Gasteiger partial charge in [0.2, 0.25) is 0 Å². The third-order valence-corrected chi connectivity index (χ3v) is 6.49. The maximum Gasteiger partial charge on any atom is 0.264 e. The number of amides is 2. The van der Waals surface area contributed by atoms with Gasteiger partial charge in [-0.1, -0.05) is 46.8 Å². The minimum absolute atomic E-state index is 0.108. The molecule has 2 amide bonds. The maximum absolute atomic E-state index is 13.3. The van der Waals surface area contributed by atoms with E-state index in [1.807, 2.05) is 11.0 Å². The second-order valence-electron chi connectivity index (χ2n) is 7.00. The lowest BCUT2D eigenvalue weighted by molar-refractivity contribution is -0.116. The van der Waals surface area contributed by atoms with Crippen LogP contribution >= 0.6 is 39.9 Å². The van der Waals surface area contributed by atoms with E-state index in [1.165, 1.54) is 11.8 Å². The molecule has 3 heterocycles. The van der Waals surface area contributed by atoms with Gasteiger partial charge in [0.25, 0.3) is 11.8 Å². The van der Waals surface area contributed by atoms with Crippen LogP contribution in [0.15, 0.2) is 21.5 Å². The van der Waals surface area contributed by atoms with Gasteiger partial charge in [-0.2, -0.15) is 0 Å². The van der Waals surface area contributed by atoms with Crippen LogP contribution in [0, 0.1) is 0 Å². The molecule has 4 rings (SSSR count). The van der Waals surface area contributed by atoms with Crippen LogP contribution in [-0.4, -0.2) is 21.7 Å². The van der Waals surface area contributed by atoms with Gasteiger partial charge in [0, 0.05) is 15.6 Å². The van der Waals surface area contributed by atoms with Gasteiger partial charge in [0.15, 0.2) is 0 Å². The molecule has 7 heteroatoms. The number of anilines is 1. The van der Waals surface area contributed by atoms with Crippen LogP contribution in [0.25, 0.3) is 5.57 Å². The van der Waals surface area contributed by atoms with E-state index in [1.54, 1.807) is 0 Å². The summed E-state index contributed by atoms with van der Waals surface area (Å²) in [6, 6.07) is 4.02. The Bertz CT molecular complexity index is 876. The molecule has 0 aromatic heterocycles. The number of nitrogens with zero attached hydrogens (tertiary/aromatic N) is 1. The van der Waals surface area contributed by atoms with Gasteiger partial charge in [0.1, 0.15) is 4.32 Å². The summed E-state index contributed by atoms with van der Waals surface area (Å²) in [5.41, 5.74) is 3.09. The Morgan fingerprint density at radius 3 is 2.71 bits per heavy atom. The molecule has 1 saturated heterocycles. The van der Waals surface area contributed by atoms with Gasteiger partial charge in [-0.05, 0) is 43.9 Å². The second kappa shape index (κ2) is 5.16. The molecule has 1 unspecified atom stereocenters. The third kappa shape index (κ3) is 2.14. The summed E-state index contributed by atoms with van der Waals surface area (Å²) >= 11 is 9.82. The Morgan fingerprint density at radius 2 is 2.08 bits per heavy atom. The standard InChI is InChI=1S/C17H15BrN2O2S2/c1-7-6-17(2,3)20-12-9(7)4-8(18)5-10(12)11(15(20)22)13-14(21)19-16(23)24-13/h4-5,7H,6H2,1-3H3,(H,19,21,23). The smallest absolute Gasteiger partial charge is 0.264 e. The Hall–Kier alpha value is -1.18. The zero-order valence-corrected chi connectivity index (χ0v) is 16.6. The average Bonchev–Trinajstić information content (AvgIpc) is 2.92. The molecular weight excluding hydrogens is 408 g/mol. The quantitative estimate of drug-likeness (QED) is 0.507. The van der Waals surface area contributed by atoms with Crippen molar-refractivity contribution in [3.63, 3.8) is 0 Å². The van der Waals surface area contributed by atoms with Crippen molar-refractivity contribution in [3.05, 3.63) is 32.6 Å². The van der Waals surface area contributed by atoms with E-state index in [0.29, 0.717) is 20.7 Å². The van der Waals surface area contributed by atoms with Gasteiger partial charge >= 0.3 is 0 Å². The molecule has 24 heavy (non-hydrogen) atoms. The number of rotatable bonds is 0. The molecule has 0 spiro atoms. The number of benzene rings is 1. The van der Waals surface area contributed by atoms with Crippen molar-refractivity contribution in [1.82, 2.24) is 5.32 Å². The number of hydrogen-bond donors (Lipinski definition) is 1. The minimum Gasteiger partial charge on any atom is -0.307 e. The summed E-state index contributed by atoms with van der Waals surface area (Å²) in [5, 5.41) is 2.62. The topological polar surface area (TPSA) is 49.4 Å². The predicted molar refractivity (Wildman–Crippen MR) is 104 cm³/mol. The van der Waals surface area contributed by atoms with Crippen molar-refractivity contribution in [3.8, 4) is 0 Å². The van der Waals surface area contributed by atoms with Crippen LogP contribution in [0.4, 0.5) is 5.69 Å². The molecular formula is C17H15BrN2O2S2. The largest absolute Gasteiger partial charge is 0.307 e. The summed E-state index contributed by atoms with van der Waals surface area (Å²) in [5.74, 6) is -0.0536. The Balaban J connectivity index is 2.06. The Kier molecular flexibility index (Phi) is 3.50. The van der Waals surface area contributed by atoms with Crippen LogP contribution in [0.2, 0.25) is 0 Å². The summed E-state index contributed by atoms with van der Waals surface area (Å²) < 4.78 is 1.31. The first-order valence-electron chi connectivity index (χ1n) is 7.66. The average molecular weight is 423 g/mol. The summed E-state index contributed by atoms with van der Waals surface area (Å²) in [6.07, 6.45) is 0.877. The summed E-state index contributed by atoms with van der Waals surface area (Å²) in [4.78, 5) is 27.8. The Labute approximate surface area is 158 Å². The monoisotopic (exact) mass is 422 g/mol. The van der Waals surface area contributed by atoms with Crippen molar-refractivity contribution < 1.29 is 9.59 Å². The molecule has 0 bridgehead atoms. The van der Waals surface area contributed by atoms with E-state index in [4.69, 9.17) is 12.2 Å². The van der Waals surface area contributed by atoms with E-state index in [-0.39, 0.29) is 17.4 Å². The van der Waals surface area contributed by atoms with E-state index < -0.39 is 0 Å². The minimum atomic E-state index is -0.297. The van der Waals surface area contributed by atoms with Crippen LogP contribution in [-0.2, 0) is 9.59 Å². The zero-order chi connectivity index (χ0) is 17.4. The maximum atomic E-state index is 13.3. The highest BCUT2D eigenvalue weighted by Gasteiger charge is 2.49. The fourth-order valence-electron chi connectivity index (χ4n) is 3.99. The molecule has 3 aliphatic heterocycles. The highest BCUT2D eigenvalue weighted by Crippen LogP contribution is 2.54. The predicted octanol–water partition coefficient (Wildman–Crippen LogP) is 3.94. The van der Waals surface area contributed by atoms with Crippen molar-refractivity contribution in [2.24, 2.45) is 0 Å². The molecule has 1 aromatic carbocycles. The molecule has 0 saturated carbocycles. The van der Waals surface area contributed by atoms with E-state index in [9.17, 15) is 9.59 Å². The zero-order valence-electron chi connectivity index (χ0n) is 13.4. The van der Waals surface area contributed by atoms with Crippen LogP contribution < -0.4 is 10.2 Å². The second-order valence-corrected chi connectivity index (χ2v) is 9.60. The number of hydrogen-bond acceptors (Lipinski definition) is 4. The van der Waals surface area contributed by atoms with Crippen molar-refractivity contribution >= 4 is 67.3 Å².